The van der Waals surface area contributed by atoms with Crippen molar-refractivity contribution in [3.63, 3.8) is 0 Å². The topological polar surface area (TPSA) is 76.4 Å². The van der Waals surface area contributed by atoms with E-state index >= 15 is 0 Å². The molecule has 1 aliphatic rings. The Labute approximate surface area is 116 Å². The van der Waals surface area contributed by atoms with Gasteiger partial charge in [0.05, 0.1) is 23.9 Å². The predicted octanol–water partition coefficient (Wildman–Crippen LogP) is 1.22. The van der Waals surface area contributed by atoms with Crippen LogP contribution in [0.3, 0.4) is 0 Å². The molecule has 5 nitrogen and oxygen atoms in total. The van der Waals surface area contributed by atoms with E-state index in [-0.39, 0.29) is 18.6 Å². The largest absolute Gasteiger partial charge is 0.392 e. The number of nitrogens with zero attached hydrogens (tertiary/aromatic N) is 2. The SMILES string of the molecule is N#Cc1ccc(Cl)cc1NC(=O)CN1CC[C@H](O)C1. The van der Waals surface area contributed by atoms with Crippen molar-refractivity contribution in [2.45, 2.75) is 12.5 Å². The van der Waals surface area contributed by atoms with Gasteiger partial charge >= 0.3 is 0 Å². The highest BCUT2D eigenvalue weighted by Gasteiger charge is 2.22. The van der Waals surface area contributed by atoms with Gasteiger partial charge in [-0.05, 0) is 24.6 Å². The first-order valence-corrected chi connectivity index (χ1v) is 6.36. The van der Waals surface area contributed by atoms with E-state index in [1.807, 2.05) is 11.0 Å². The normalized spacial score (nSPS) is 19.1. The zero-order valence-corrected chi connectivity index (χ0v) is 11.0. The highest BCUT2D eigenvalue weighted by molar-refractivity contribution is 6.31. The highest BCUT2D eigenvalue weighted by Crippen LogP contribution is 2.20. The van der Waals surface area contributed by atoms with Gasteiger partial charge in [0.2, 0.25) is 5.91 Å². The van der Waals surface area contributed by atoms with Gasteiger partial charge in [0, 0.05) is 18.1 Å². The average molecular weight is 280 g/mol. The monoisotopic (exact) mass is 279 g/mol. The standard InChI is InChI=1S/C13H14ClN3O2/c14-10-2-1-9(6-15)12(5-10)16-13(19)8-17-4-3-11(18)7-17/h1-2,5,11,18H,3-4,7-8H2,(H,16,19)/t11-/m0/s1. The minimum absolute atomic E-state index is 0.203. The van der Waals surface area contributed by atoms with Crippen LogP contribution in [0.4, 0.5) is 5.69 Å². The number of aliphatic hydroxyl groups excluding tert-OH is 1. The number of aliphatic hydroxyl groups is 1. The molecule has 6 heteroatoms. The summed E-state index contributed by atoms with van der Waals surface area (Å²) in [5.41, 5.74) is 0.791. The maximum atomic E-state index is 11.9. The maximum absolute atomic E-state index is 11.9. The lowest BCUT2D eigenvalue weighted by Gasteiger charge is -2.15. The second-order valence-corrected chi connectivity index (χ2v) is 4.96. The number of nitrogens with one attached hydrogen (secondary N) is 1. The summed E-state index contributed by atoms with van der Waals surface area (Å²) in [6.07, 6.45) is 0.335. The van der Waals surface area contributed by atoms with E-state index in [0.29, 0.717) is 35.8 Å². The molecule has 0 aliphatic carbocycles. The van der Waals surface area contributed by atoms with Crippen molar-refractivity contribution in [3.05, 3.63) is 28.8 Å². The molecule has 100 valence electrons. The molecule has 1 saturated heterocycles. The summed E-state index contributed by atoms with van der Waals surface area (Å²) < 4.78 is 0. The highest BCUT2D eigenvalue weighted by atomic mass is 35.5. The van der Waals surface area contributed by atoms with Gasteiger partial charge in [0.15, 0.2) is 0 Å². The molecule has 1 aliphatic heterocycles. The van der Waals surface area contributed by atoms with Crippen molar-refractivity contribution < 1.29 is 9.90 Å². The third-order valence-electron chi connectivity index (χ3n) is 2.99. The molecule has 0 radical (unpaired) electrons. The lowest BCUT2D eigenvalue weighted by atomic mass is 10.2. The summed E-state index contributed by atoms with van der Waals surface area (Å²) in [6.45, 7) is 1.41. The average Bonchev–Trinajstić information content (AvgIpc) is 2.75. The van der Waals surface area contributed by atoms with Crippen molar-refractivity contribution in [3.8, 4) is 6.07 Å². The molecule has 0 unspecified atom stereocenters. The van der Waals surface area contributed by atoms with Gasteiger partial charge in [-0.25, -0.2) is 0 Å². The van der Waals surface area contributed by atoms with Crippen LogP contribution in [0.15, 0.2) is 18.2 Å². The summed E-state index contributed by atoms with van der Waals surface area (Å²) in [7, 11) is 0. The molecular formula is C13H14ClN3O2. The summed E-state index contributed by atoms with van der Waals surface area (Å²) in [5.74, 6) is -0.215. The molecule has 0 spiro atoms. The predicted molar refractivity (Wildman–Crippen MR) is 71.9 cm³/mol. The van der Waals surface area contributed by atoms with Crippen LogP contribution < -0.4 is 5.32 Å². The molecule has 1 aromatic carbocycles. The van der Waals surface area contributed by atoms with Crippen molar-refractivity contribution in [1.82, 2.24) is 4.90 Å². The molecule has 1 fully saturated rings. The van der Waals surface area contributed by atoms with Crippen LogP contribution >= 0.6 is 11.6 Å². The Bertz CT molecular complexity index is 527. The Morgan fingerprint density at radius 1 is 1.63 bits per heavy atom. The number of carbonyl (C=O) groups excluding carboxylic acids is 1. The van der Waals surface area contributed by atoms with E-state index in [9.17, 15) is 9.90 Å². The summed E-state index contributed by atoms with van der Waals surface area (Å²) in [4.78, 5) is 13.7. The molecule has 1 amide bonds. The first-order chi connectivity index (χ1) is 9.08. The van der Waals surface area contributed by atoms with Crippen LogP contribution in [0.1, 0.15) is 12.0 Å². The summed E-state index contributed by atoms with van der Waals surface area (Å²) in [6, 6.07) is 6.73. The number of hydrogen-bond donors (Lipinski definition) is 2. The minimum atomic E-state index is -0.353. The van der Waals surface area contributed by atoms with Crippen molar-refractivity contribution in [2.24, 2.45) is 0 Å². The fourth-order valence-electron chi connectivity index (χ4n) is 2.07. The van der Waals surface area contributed by atoms with Crippen LogP contribution in [0.25, 0.3) is 0 Å². The van der Waals surface area contributed by atoms with Crippen LogP contribution in [0, 0.1) is 11.3 Å². The second-order valence-electron chi connectivity index (χ2n) is 4.53. The maximum Gasteiger partial charge on any atom is 0.238 e. The van der Waals surface area contributed by atoms with Crippen molar-refractivity contribution in [2.75, 3.05) is 25.0 Å². The molecule has 0 aromatic heterocycles. The summed E-state index contributed by atoms with van der Waals surface area (Å²) >= 11 is 5.84. The number of benzene rings is 1. The van der Waals surface area contributed by atoms with E-state index in [2.05, 4.69) is 5.32 Å². The third-order valence-corrected chi connectivity index (χ3v) is 3.23. The fourth-order valence-corrected chi connectivity index (χ4v) is 2.24. The molecule has 2 rings (SSSR count). The minimum Gasteiger partial charge on any atom is -0.392 e. The molecule has 2 N–H and O–H groups in total. The molecule has 1 atom stereocenters. The number of anilines is 1. The molecule has 19 heavy (non-hydrogen) atoms. The van der Waals surface area contributed by atoms with Gasteiger partial charge in [-0.15, -0.1) is 0 Å². The van der Waals surface area contributed by atoms with E-state index in [1.54, 1.807) is 18.2 Å². The van der Waals surface area contributed by atoms with Gasteiger partial charge < -0.3 is 10.4 Å². The number of halogens is 1. The van der Waals surface area contributed by atoms with Gasteiger partial charge in [0.25, 0.3) is 0 Å². The Morgan fingerprint density at radius 2 is 2.42 bits per heavy atom. The van der Waals surface area contributed by atoms with Crippen molar-refractivity contribution >= 4 is 23.2 Å². The van der Waals surface area contributed by atoms with Crippen molar-refractivity contribution in [1.29, 1.82) is 5.26 Å². The first-order valence-electron chi connectivity index (χ1n) is 5.98. The molecule has 1 aromatic rings. The van der Waals surface area contributed by atoms with Gasteiger partial charge in [-0.1, -0.05) is 11.6 Å². The van der Waals surface area contributed by atoms with E-state index in [4.69, 9.17) is 16.9 Å². The quantitative estimate of drug-likeness (QED) is 0.872. The number of rotatable bonds is 3. The summed E-state index contributed by atoms with van der Waals surface area (Å²) in [5, 5.41) is 21.5. The van der Waals surface area contributed by atoms with Crippen LogP contribution in [-0.2, 0) is 4.79 Å². The Morgan fingerprint density at radius 3 is 3.05 bits per heavy atom. The van der Waals surface area contributed by atoms with Gasteiger partial charge in [-0.3, -0.25) is 9.69 Å². The lowest BCUT2D eigenvalue weighted by Crippen LogP contribution is -2.32. The number of carbonyl (C=O) groups is 1. The van der Waals surface area contributed by atoms with E-state index < -0.39 is 0 Å². The zero-order chi connectivity index (χ0) is 13.8. The number of likely N-dealkylation sites (tertiary alicyclic amines) is 1. The van der Waals surface area contributed by atoms with Crippen LogP contribution in [0.2, 0.25) is 5.02 Å². The molecular weight excluding hydrogens is 266 g/mol. The molecule has 1 heterocycles. The molecule has 0 saturated carbocycles. The lowest BCUT2D eigenvalue weighted by molar-refractivity contribution is -0.117. The first kappa shape index (κ1) is 13.8. The molecule has 0 bridgehead atoms. The van der Waals surface area contributed by atoms with Gasteiger partial charge in [-0.2, -0.15) is 5.26 Å². The fraction of sp³-hybridized carbons (Fsp3) is 0.385. The number of amides is 1. The smallest absolute Gasteiger partial charge is 0.238 e. The van der Waals surface area contributed by atoms with Gasteiger partial charge in [0.1, 0.15) is 6.07 Å². The number of β-amino-alcohol motifs (C(OH)–C–C–N with tert-alkyl or cyclic N) is 1. The number of hydrogen-bond acceptors (Lipinski definition) is 4. The van der Waals surface area contributed by atoms with E-state index in [1.165, 1.54) is 0 Å². The van der Waals surface area contributed by atoms with Crippen LogP contribution in [0.5, 0.6) is 0 Å². The van der Waals surface area contributed by atoms with Crippen LogP contribution in [-0.4, -0.2) is 41.7 Å². The Balaban J connectivity index is 1.99. The number of nitriles is 1. The third kappa shape index (κ3) is 3.67. The second kappa shape index (κ2) is 6.02. The Hall–Kier alpha value is -1.61. The van der Waals surface area contributed by atoms with E-state index in [0.717, 1.165) is 0 Å². The Kier molecular flexibility index (Phi) is 4.38. The zero-order valence-electron chi connectivity index (χ0n) is 10.3.